The Labute approximate surface area is 177 Å². The molecule has 2 aromatic heterocycles. The fourth-order valence-electron chi connectivity index (χ4n) is 2.96. The first-order valence-corrected chi connectivity index (χ1v) is 9.64. The van der Waals surface area contributed by atoms with Crippen molar-refractivity contribution in [1.82, 2.24) is 15.1 Å². The Morgan fingerprint density at radius 3 is 2.71 bits per heavy atom. The van der Waals surface area contributed by atoms with Crippen molar-refractivity contribution < 1.29 is 23.4 Å². The molecule has 2 aromatic carbocycles. The van der Waals surface area contributed by atoms with Gasteiger partial charge in [-0.15, -0.1) is 0 Å². The Hall–Kier alpha value is -3.91. The number of benzene rings is 2. The van der Waals surface area contributed by atoms with E-state index in [2.05, 4.69) is 10.4 Å². The van der Waals surface area contributed by atoms with Crippen LogP contribution in [0.1, 0.15) is 10.5 Å². The number of halogens is 1. The molecule has 0 aliphatic heterocycles. The lowest BCUT2D eigenvalue weighted by atomic mass is 10.2. The lowest BCUT2D eigenvalue weighted by Gasteiger charge is -2.14. The van der Waals surface area contributed by atoms with E-state index in [9.17, 15) is 14.3 Å². The average molecular weight is 421 g/mol. The van der Waals surface area contributed by atoms with Crippen LogP contribution in [0, 0.1) is 5.82 Å². The number of para-hydroxylation sites is 1. The third kappa shape index (κ3) is 4.99. The van der Waals surface area contributed by atoms with Crippen LogP contribution in [0.15, 0.2) is 83.5 Å². The largest absolute Gasteiger partial charge is 0.491 e. The van der Waals surface area contributed by atoms with Gasteiger partial charge in [-0.25, -0.2) is 9.07 Å². The normalized spacial score (nSPS) is 11.8. The van der Waals surface area contributed by atoms with E-state index in [0.29, 0.717) is 22.9 Å². The molecule has 0 fully saturated rings. The van der Waals surface area contributed by atoms with Crippen LogP contribution in [0.25, 0.3) is 17.1 Å². The fraction of sp³-hybridized carbons (Fsp3) is 0.130. The first-order chi connectivity index (χ1) is 15.1. The number of furan rings is 1. The molecule has 4 rings (SSSR count). The lowest BCUT2D eigenvalue weighted by Crippen LogP contribution is -2.36. The number of rotatable bonds is 8. The molecule has 31 heavy (non-hydrogen) atoms. The van der Waals surface area contributed by atoms with E-state index in [-0.39, 0.29) is 18.8 Å². The average Bonchev–Trinajstić information content (AvgIpc) is 3.47. The van der Waals surface area contributed by atoms with Gasteiger partial charge in [-0.2, -0.15) is 5.10 Å². The predicted octanol–water partition coefficient (Wildman–Crippen LogP) is 3.44. The highest BCUT2D eigenvalue weighted by Gasteiger charge is 2.19. The van der Waals surface area contributed by atoms with E-state index in [1.54, 1.807) is 24.3 Å². The molecule has 158 valence electrons. The monoisotopic (exact) mass is 421 g/mol. The van der Waals surface area contributed by atoms with Crippen molar-refractivity contribution >= 4 is 5.91 Å². The zero-order valence-electron chi connectivity index (χ0n) is 16.4. The van der Waals surface area contributed by atoms with E-state index < -0.39 is 17.8 Å². The molecule has 4 aromatic rings. The molecule has 8 heteroatoms. The maximum Gasteiger partial charge on any atom is 0.270 e. The van der Waals surface area contributed by atoms with Crippen LogP contribution in [-0.2, 0) is 0 Å². The number of nitrogens with one attached hydrogen (secondary N) is 1. The maximum absolute atomic E-state index is 13.2. The minimum atomic E-state index is -0.982. The standard InChI is InChI=1S/C23H20FN3O4/c24-16-6-4-9-19(12-16)31-15-18(28)14-25-23(29)21-13-20(22-10-5-11-30-22)26-27(21)17-7-2-1-3-8-17/h1-13,18,28H,14-15H2,(H,25,29). The highest BCUT2D eigenvalue weighted by molar-refractivity contribution is 5.94. The Kier molecular flexibility index (Phi) is 6.09. The molecule has 0 saturated carbocycles. The number of aliphatic hydroxyl groups is 1. The molecule has 0 saturated heterocycles. The zero-order chi connectivity index (χ0) is 21.6. The second-order valence-electron chi connectivity index (χ2n) is 6.77. The summed E-state index contributed by atoms with van der Waals surface area (Å²) in [6, 6.07) is 20.0. The van der Waals surface area contributed by atoms with Crippen LogP contribution in [0.3, 0.4) is 0 Å². The van der Waals surface area contributed by atoms with Crippen molar-refractivity contribution in [3.63, 3.8) is 0 Å². The number of ether oxygens (including phenoxy) is 1. The summed E-state index contributed by atoms with van der Waals surface area (Å²) in [5.41, 5.74) is 1.50. The summed E-state index contributed by atoms with van der Waals surface area (Å²) in [7, 11) is 0. The Bertz CT molecular complexity index is 1140. The van der Waals surface area contributed by atoms with E-state index in [1.165, 1.54) is 29.1 Å². The topological polar surface area (TPSA) is 89.5 Å². The third-order valence-corrected chi connectivity index (χ3v) is 4.45. The van der Waals surface area contributed by atoms with Gasteiger partial charge in [0.05, 0.1) is 12.0 Å². The summed E-state index contributed by atoms with van der Waals surface area (Å²) < 4.78 is 25.5. The maximum atomic E-state index is 13.2. The van der Waals surface area contributed by atoms with Crippen LogP contribution in [0.4, 0.5) is 4.39 Å². The number of amides is 1. The van der Waals surface area contributed by atoms with E-state index in [0.717, 1.165) is 0 Å². The smallest absolute Gasteiger partial charge is 0.270 e. The van der Waals surface area contributed by atoms with Crippen LogP contribution in [0.2, 0.25) is 0 Å². The van der Waals surface area contributed by atoms with Gasteiger partial charge in [0.2, 0.25) is 0 Å². The Balaban J connectivity index is 1.45. The molecular formula is C23H20FN3O4. The van der Waals surface area contributed by atoms with Crippen molar-refractivity contribution in [3.05, 3.63) is 90.6 Å². The van der Waals surface area contributed by atoms with Gasteiger partial charge in [-0.3, -0.25) is 4.79 Å². The second kappa shape index (κ2) is 9.27. The predicted molar refractivity (Wildman–Crippen MR) is 112 cm³/mol. The van der Waals surface area contributed by atoms with Gasteiger partial charge in [-0.1, -0.05) is 24.3 Å². The highest BCUT2D eigenvalue weighted by atomic mass is 19.1. The second-order valence-corrected chi connectivity index (χ2v) is 6.77. The van der Waals surface area contributed by atoms with Crippen LogP contribution >= 0.6 is 0 Å². The van der Waals surface area contributed by atoms with Crippen molar-refractivity contribution in [2.75, 3.05) is 13.2 Å². The summed E-state index contributed by atoms with van der Waals surface area (Å²) >= 11 is 0. The number of aliphatic hydroxyl groups excluding tert-OH is 1. The molecule has 0 aliphatic carbocycles. The van der Waals surface area contributed by atoms with Crippen LogP contribution in [0.5, 0.6) is 5.75 Å². The molecule has 7 nitrogen and oxygen atoms in total. The molecule has 1 atom stereocenters. The number of carbonyl (C=O) groups is 1. The van der Waals surface area contributed by atoms with E-state index >= 15 is 0 Å². The molecule has 1 amide bonds. The molecule has 0 spiro atoms. The first-order valence-electron chi connectivity index (χ1n) is 9.64. The van der Waals surface area contributed by atoms with Crippen molar-refractivity contribution in [2.45, 2.75) is 6.10 Å². The molecule has 0 bridgehead atoms. The highest BCUT2D eigenvalue weighted by Crippen LogP contribution is 2.22. The SMILES string of the molecule is O=C(NCC(O)COc1cccc(F)c1)c1cc(-c2ccco2)nn1-c1ccccc1. The molecule has 0 radical (unpaired) electrons. The van der Waals surface area contributed by atoms with Gasteiger partial charge in [0.25, 0.3) is 5.91 Å². The van der Waals surface area contributed by atoms with Crippen molar-refractivity contribution in [1.29, 1.82) is 0 Å². The van der Waals surface area contributed by atoms with E-state index in [1.807, 2.05) is 30.3 Å². The summed E-state index contributed by atoms with van der Waals surface area (Å²) in [6.45, 7) is -0.149. The molecule has 2 heterocycles. The minimum absolute atomic E-state index is 0.0514. The van der Waals surface area contributed by atoms with Gasteiger partial charge < -0.3 is 19.6 Å². The third-order valence-electron chi connectivity index (χ3n) is 4.45. The number of aromatic nitrogens is 2. The lowest BCUT2D eigenvalue weighted by molar-refractivity contribution is 0.0837. The Morgan fingerprint density at radius 1 is 1.13 bits per heavy atom. The summed E-state index contributed by atoms with van der Waals surface area (Å²) in [6.07, 6.45) is 0.552. The number of hydrogen-bond donors (Lipinski definition) is 2. The fourth-order valence-corrected chi connectivity index (χ4v) is 2.96. The van der Waals surface area contributed by atoms with Crippen molar-refractivity contribution in [2.24, 2.45) is 0 Å². The Morgan fingerprint density at radius 2 is 1.97 bits per heavy atom. The molecule has 1 unspecified atom stereocenters. The molecular weight excluding hydrogens is 401 g/mol. The quantitative estimate of drug-likeness (QED) is 0.455. The summed E-state index contributed by atoms with van der Waals surface area (Å²) in [4.78, 5) is 12.8. The summed E-state index contributed by atoms with van der Waals surface area (Å²) in [5, 5.41) is 17.3. The number of carbonyl (C=O) groups excluding carboxylic acids is 1. The molecule has 2 N–H and O–H groups in total. The number of hydrogen-bond acceptors (Lipinski definition) is 5. The van der Waals surface area contributed by atoms with Gasteiger partial charge >= 0.3 is 0 Å². The first kappa shape index (κ1) is 20.4. The number of nitrogens with zero attached hydrogens (tertiary/aromatic N) is 2. The minimum Gasteiger partial charge on any atom is -0.491 e. The van der Waals surface area contributed by atoms with Gasteiger partial charge in [-0.05, 0) is 36.4 Å². The summed E-state index contributed by atoms with van der Waals surface area (Å²) in [5.74, 6) is -0.0105. The van der Waals surface area contributed by atoms with Crippen LogP contribution < -0.4 is 10.1 Å². The van der Waals surface area contributed by atoms with Gasteiger partial charge in [0, 0.05) is 18.7 Å². The van der Waals surface area contributed by atoms with Crippen molar-refractivity contribution in [3.8, 4) is 22.9 Å². The van der Waals surface area contributed by atoms with Gasteiger partial charge in [0.1, 0.15) is 35.7 Å². The van der Waals surface area contributed by atoms with E-state index in [4.69, 9.17) is 9.15 Å². The zero-order valence-corrected chi connectivity index (χ0v) is 16.4. The molecule has 0 aliphatic rings. The van der Waals surface area contributed by atoms with Crippen LogP contribution in [-0.4, -0.2) is 40.0 Å². The van der Waals surface area contributed by atoms with Gasteiger partial charge in [0.15, 0.2) is 5.76 Å².